The summed E-state index contributed by atoms with van der Waals surface area (Å²) in [5, 5.41) is 5.04. The molecule has 0 aliphatic carbocycles. The van der Waals surface area contributed by atoms with Gasteiger partial charge in [-0.3, -0.25) is 4.79 Å². The van der Waals surface area contributed by atoms with Crippen molar-refractivity contribution in [2.75, 3.05) is 0 Å². The van der Waals surface area contributed by atoms with Gasteiger partial charge < -0.3 is 0 Å². The highest BCUT2D eigenvalue weighted by atomic mass is 32.2. The van der Waals surface area contributed by atoms with Crippen molar-refractivity contribution < 1.29 is 34.8 Å². The first kappa shape index (κ1) is 25.0. The van der Waals surface area contributed by atoms with E-state index in [0.717, 1.165) is 24.3 Å². The van der Waals surface area contributed by atoms with Crippen LogP contribution in [0.25, 0.3) is 0 Å². The Morgan fingerprint density at radius 3 is 1.71 bits per heavy atom. The monoisotopic (exact) mass is 508 g/mol. The fourth-order valence-corrected chi connectivity index (χ4v) is 5.09. The molecule has 0 heterocycles. The molecular formula is C22H15F3N2O5S2. The molecular weight excluding hydrogens is 493 g/mol. The molecule has 176 valence electrons. The van der Waals surface area contributed by atoms with Crippen molar-refractivity contribution in [2.24, 2.45) is 5.14 Å². The third-order valence-electron chi connectivity index (χ3n) is 4.38. The van der Waals surface area contributed by atoms with Gasteiger partial charge in [0.1, 0.15) is 9.79 Å². The molecule has 7 nitrogen and oxygen atoms in total. The lowest BCUT2D eigenvalue weighted by molar-refractivity contribution is -0.137. The maximum atomic E-state index is 12.6. The Morgan fingerprint density at radius 2 is 1.24 bits per heavy atom. The summed E-state index contributed by atoms with van der Waals surface area (Å²) in [6.07, 6.45) is -4.45. The van der Waals surface area contributed by atoms with Crippen molar-refractivity contribution in [3.8, 4) is 11.8 Å². The quantitative estimate of drug-likeness (QED) is 0.525. The number of nitrogens with two attached hydrogens (primary N) is 1. The average molecular weight is 508 g/mol. The van der Waals surface area contributed by atoms with Crippen LogP contribution in [0.2, 0.25) is 0 Å². The molecule has 0 saturated carbocycles. The maximum Gasteiger partial charge on any atom is 0.416 e. The van der Waals surface area contributed by atoms with E-state index in [-0.39, 0.29) is 5.56 Å². The van der Waals surface area contributed by atoms with Crippen LogP contribution in [0.5, 0.6) is 0 Å². The molecule has 0 aliphatic rings. The number of hydrogen-bond donors (Lipinski definition) is 2. The van der Waals surface area contributed by atoms with E-state index in [2.05, 4.69) is 11.8 Å². The van der Waals surface area contributed by atoms with Gasteiger partial charge in [-0.15, -0.1) is 0 Å². The number of hydrogen-bond acceptors (Lipinski definition) is 5. The lowest BCUT2D eigenvalue weighted by Crippen LogP contribution is -2.32. The van der Waals surface area contributed by atoms with Gasteiger partial charge in [-0.1, -0.05) is 24.0 Å². The lowest BCUT2D eigenvalue weighted by atomic mass is 10.1. The maximum absolute atomic E-state index is 12.6. The normalized spacial score (nSPS) is 11.9. The van der Waals surface area contributed by atoms with Crippen molar-refractivity contribution in [1.82, 2.24) is 4.72 Å². The van der Waals surface area contributed by atoms with E-state index >= 15 is 0 Å². The van der Waals surface area contributed by atoms with Crippen LogP contribution >= 0.6 is 0 Å². The molecule has 0 bridgehead atoms. The molecule has 0 aromatic heterocycles. The first-order chi connectivity index (χ1) is 15.8. The highest BCUT2D eigenvalue weighted by Crippen LogP contribution is 2.29. The van der Waals surface area contributed by atoms with E-state index in [1.165, 1.54) is 48.5 Å². The molecule has 0 fully saturated rings. The van der Waals surface area contributed by atoms with Crippen molar-refractivity contribution in [3.63, 3.8) is 0 Å². The molecule has 12 heteroatoms. The minimum Gasteiger partial charge on any atom is -0.268 e. The van der Waals surface area contributed by atoms with Gasteiger partial charge in [0, 0.05) is 16.7 Å². The fraction of sp³-hybridized carbons (Fsp3) is 0.0455. The number of halogens is 3. The van der Waals surface area contributed by atoms with Crippen LogP contribution in [-0.4, -0.2) is 22.7 Å². The topological polar surface area (TPSA) is 123 Å². The van der Waals surface area contributed by atoms with E-state index in [9.17, 15) is 34.8 Å². The predicted molar refractivity (Wildman–Crippen MR) is 116 cm³/mol. The second kappa shape index (κ2) is 9.30. The second-order valence-corrected chi connectivity index (χ2v) is 10.0. The standard InChI is InChI=1S/C22H15F3N2O5S2/c23-22(24,25)18-13-9-16(10-14-18)6-5-15-7-11-17(12-8-15)21(28)27-34(31,32)20-4-2-1-3-19(20)33(26,29)30/h1-4,7-14H,(H,27,28)(H2,26,29,30). The van der Waals surface area contributed by atoms with Gasteiger partial charge in [-0.25, -0.2) is 26.7 Å². The van der Waals surface area contributed by atoms with Crippen LogP contribution in [-0.2, 0) is 26.2 Å². The zero-order valence-electron chi connectivity index (χ0n) is 17.0. The second-order valence-electron chi connectivity index (χ2n) is 6.83. The van der Waals surface area contributed by atoms with Crippen LogP contribution in [0.15, 0.2) is 82.6 Å². The third kappa shape index (κ3) is 6.02. The molecule has 0 saturated heterocycles. The summed E-state index contributed by atoms with van der Waals surface area (Å²) in [6, 6.07) is 14.2. The molecule has 3 N–H and O–H groups in total. The Bertz CT molecular complexity index is 1500. The summed E-state index contributed by atoms with van der Waals surface area (Å²) in [5.41, 5.74) is -0.0971. The highest BCUT2D eigenvalue weighted by molar-refractivity contribution is 7.92. The van der Waals surface area contributed by atoms with Gasteiger partial charge in [-0.05, 0) is 60.7 Å². The van der Waals surface area contributed by atoms with Gasteiger partial charge >= 0.3 is 6.18 Å². The molecule has 34 heavy (non-hydrogen) atoms. The van der Waals surface area contributed by atoms with Crippen LogP contribution in [0.3, 0.4) is 0 Å². The molecule has 0 aliphatic heterocycles. The highest BCUT2D eigenvalue weighted by Gasteiger charge is 2.30. The number of alkyl halides is 3. The first-order valence-corrected chi connectivity index (χ1v) is 12.3. The van der Waals surface area contributed by atoms with E-state index < -0.39 is 47.5 Å². The lowest BCUT2D eigenvalue weighted by Gasteiger charge is -2.10. The van der Waals surface area contributed by atoms with Gasteiger partial charge in [-0.2, -0.15) is 13.2 Å². The summed E-state index contributed by atoms with van der Waals surface area (Å²) in [7, 11) is -8.92. The number of carbonyl (C=O) groups is 1. The van der Waals surface area contributed by atoms with E-state index in [0.29, 0.717) is 11.1 Å². The van der Waals surface area contributed by atoms with E-state index in [1.54, 1.807) is 4.72 Å². The van der Waals surface area contributed by atoms with Crippen molar-refractivity contribution in [1.29, 1.82) is 0 Å². The molecule has 0 spiro atoms. The van der Waals surface area contributed by atoms with E-state index in [1.807, 2.05) is 0 Å². The Labute approximate surface area is 193 Å². The predicted octanol–water partition coefficient (Wildman–Crippen LogP) is 2.87. The first-order valence-electron chi connectivity index (χ1n) is 9.26. The van der Waals surface area contributed by atoms with Gasteiger partial charge in [0.05, 0.1) is 5.56 Å². The van der Waals surface area contributed by atoms with Crippen LogP contribution in [0.1, 0.15) is 27.0 Å². The number of benzene rings is 3. The molecule has 3 aromatic carbocycles. The Morgan fingerprint density at radius 1 is 0.765 bits per heavy atom. The summed E-state index contributed by atoms with van der Waals surface area (Å²) in [6.45, 7) is 0. The minimum atomic E-state index is -4.56. The number of nitrogens with one attached hydrogen (secondary N) is 1. The number of rotatable bonds is 4. The van der Waals surface area contributed by atoms with Crippen LogP contribution in [0.4, 0.5) is 13.2 Å². The average Bonchev–Trinajstić information content (AvgIpc) is 2.77. The zero-order valence-corrected chi connectivity index (χ0v) is 18.6. The summed E-state index contributed by atoms with van der Waals surface area (Å²) < 4.78 is 88.0. The van der Waals surface area contributed by atoms with Crippen LogP contribution in [0, 0.1) is 11.8 Å². The smallest absolute Gasteiger partial charge is 0.268 e. The Balaban J connectivity index is 1.76. The van der Waals surface area contributed by atoms with Crippen molar-refractivity contribution in [2.45, 2.75) is 16.0 Å². The summed E-state index contributed by atoms with van der Waals surface area (Å²) in [4.78, 5) is 11.1. The summed E-state index contributed by atoms with van der Waals surface area (Å²) in [5.74, 6) is 4.39. The number of carbonyl (C=O) groups excluding carboxylic acids is 1. The molecule has 0 atom stereocenters. The Kier molecular flexibility index (Phi) is 6.83. The van der Waals surface area contributed by atoms with Gasteiger partial charge in [0.25, 0.3) is 15.9 Å². The number of sulfonamides is 2. The van der Waals surface area contributed by atoms with Crippen LogP contribution < -0.4 is 9.86 Å². The van der Waals surface area contributed by atoms with Gasteiger partial charge in [0.15, 0.2) is 0 Å². The third-order valence-corrected chi connectivity index (χ3v) is 6.87. The number of primary sulfonamides is 1. The van der Waals surface area contributed by atoms with Gasteiger partial charge in [0.2, 0.25) is 10.0 Å². The SMILES string of the molecule is NS(=O)(=O)c1ccccc1S(=O)(=O)NC(=O)c1ccc(C#Cc2ccc(C(F)(F)F)cc2)cc1. The largest absolute Gasteiger partial charge is 0.416 e. The molecule has 0 radical (unpaired) electrons. The Hall–Kier alpha value is -3.66. The molecule has 0 unspecified atom stereocenters. The van der Waals surface area contributed by atoms with E-state index in [4.69, 9.17) is 5.14 Å². The fourth-order valence-electron chi connectivity index (χ4n) is 2.73. The van der Waals surface area contributed by atoms with Crippen molar-refractivity contribution >= 4 is 26.0 Å². The number of amides is 1. The molecule has 1 amide bonds. The molecule has 3 rings (SSSR count). The van der Waals surface area contributed by atoms with Crippen molar-refractivity contribution in [3.05, 3.63) is 95.1 Å². The minimum absolute atomic E-state index is 0.0586. The molecule has 3 aromatic rings. The summed E-state index contributed by atoms with van der Waals surface area (Å²) >= 11 is 0. The zero-order chi connectivity index (χ0) is 25.1.